The van der Waals surface area contributed by atoms with E-state index in [9.17, 15) is 14.4 Å². The van der Waals surface area contributed by atoms with E-state index in [0.717, 1.165) is 19.3 Å². The number of aliphatic carboxylic acids is 1. The number of carbonyl (C=O) groups is 3. The van der Waals surface area contributed by atoms with E-state index >= 15 is 0 Å². The summed E-state index contributed by atoms with van der Waals surface area (Å²) >= 11 is 0. The number of benzene rings is 2. The fourth-order valence-corrected chi connectivity index (χ4v) is 5.48. The van der Waals surface area contributed by atoms with Gasteiger partial charge in [0.1, 0.15) is 6.61 Å². The number of hydrogen-bond acceptors (Lipinski definition) is 4. The molecule has 0 aliphatic heterocycles. The number of hydrogen-bond donors (Lipinski definition) is 3. The van der Waals surface area contributed by atoms with Crippen molar-refractivity contribution in [1.29, 1.82) is 0 Å². The molecular formula is C28H34N2O5. The molecule has 1 fully saturated rings. The average Bonchev–Trinajstić information content (AvgIpc) is 3.42. The topological polar surface area (TPSA) is 105 Å². The van der Waals surface area contributed by atoms with Crippen molar-refractivity contribution in [3.63, 3.8) is 0 Å². The van der Waals surface area contributed by atoms with Crippen LogP contribution in [0.5, 0.6) is 0 Å². The van der Waals surface area contributed by atoms with Crippen LogP contribution in [0.25, 0.3) is 11.1 Å². The van der Waals surface area contributed by atoms with Gasteiger partial charge in [-0.1, -0.05) is 55.5 Å². The van der Waals surface area contributed by atoms with E-state index in [-0.39, 0.29) is 30.2 Å². The monoisotopic (exact) mass is 478 g/mol. The van der Waals surface area contributed by atoms with Crippen LogP contribution in [0.15, 0.2) is 48.5 Å². The van der Waals surface area contributed by atoms with E-state index in [1.807, 2.05) is 31.2 Å². The van der Waals surface area contributed by atoms with Crippen molar-refractivity contribution in [1.82, 2.24) is 10.6 Å². The second-order valence-corrected chi connectivity index (χ2v) is 9.73. The molecule has 0 heterocycles. The minimum Gasteiger partial charge on any atom is -0.481 e. The normalized spacial score (nSPS) is 19.5. The highest BCUT2D eigenvalue weighted by molar-refractivity contribution is 5.79. The molecule has 0 spiro atoms. The van der Waals surface area contributed by atoms with Crippen molar-refractivity contribution in [2.75, 3.05) is 13.2 Å². The van der Waals surface area contributed by atoms with Crippen molar-refractivity contribution >= 4 is 18.0 Å². The molecule has 2 aromatic rings. The summed E-state index contributed by atoms with van der Waals surface area (Å²) in [6.07, 6.45) is 3.28. The van der Waals surface area contributed by atoms with Gasteiger partial charge in [0.25, 0.3) is 0 Å². The van der Waals surface area contributed by atoms with Gasteiger partial charge in [0.2, 0.25) is 5.91 Å². The molecule has 35 heavy (non-hydrogen) atoms. The maximum atomic E-state index is 12.4. The number of amides is 2. The second-order valence-electron chi connectivity index (χ2n) is 9.73. The maximum absolute atomic E-state index is 12.4. The Morgan fingerprint density at radius 2 is 1.63 bits per heavy atom. The summed E-state index contributed by atoms with van der Waals surface area (Å²) in [6.45, 7) is 2.70. The van der Waals surface area contributed by atoms with Gasteiger partial charge in [-0.15, -0.1) is 0 Å². The van der Waals surface area contributed by atoms with Crippen LogP contribution in [0.4, 0.5) is 4.79 Å². The molecule has 0 radical (unpaired) electrons. The first-order valence-corrected chi connectivity index (χ1v) is 12.5. The smallest absolute Gasteiger partial charge is 0.407 e. The molecule has 2 amide bonds. The molecule has 3 N–H and O–H groups in total. The van der Waals surface area contributed by atoms with Gasteiger partial charge in [0, 0.05) is 24.9 Å². The Balaban J connectivity index is 1.20. The van der Waals surface area contributed by atoms with Crippen LogP contribution >= 0.6 is 0 Å². The van der Waals surface area contributed by atoms with E-state index in [2.05, 4.69) is 34.9 Å². The third-order valence-electron chi connectivity index (χ3n) is 7.28. The summed E-state index contributed by atoms with van der Waals surface area (Å²) in [5.74, 6) is -0.387. The number of fused-ring (bicyclic) bond motifs is 3. The summed E-state index contributed by atoms with van der Waals surface area (Å²) in [4.78, 5) is 35.7. The predicted molar refractivity (Wildman–Crippen MR) is 133 cm³/mol. The molecule has 0 aromatic heterocycles. The lowest BCUT2D eigenvalue weighted by atomic mass is 9.98. The maximum Gasteiger partial charge on any atom is 0.407 e. The fraction of sp³-hybridized carbons (Fsp3) is 0.464. The first-order chi connectivity index (χ1) is 16.9. The summed E-state index contributed by atoms with van der Waals surface area (Å²) in [6, 6.07) is 16.2. The van der Waals surface area contributed by atoms with E-state index in [1.165, 1.54) is 22.3 Å². The van der Waals surface area contributed by atoms with Gasteiger partial charge in [0.15, 0.2) is 0 Å². The molecule has 2 aliphatic carbocycles. The summed E-state index contributed by atoms with van der Waals surface area (Å²) in [5.41, 5.74) is 4.77. The zero-order valence-electron chi connectivity index (χ0n) is 20.2. The standard InChI is InChI=1S/C28H34N2O5/c1-2-20(15-27(32)33)30-26(31)14-18-11-12-19(13-18)16-29-28(34)35-17-25-23-9-5-3-7-21(23)22-8-4-6-10-24(22)25/h3-10,18-20,25H,2,11-17H2,1H3,(H,29,34)(H,30,31)(H,32,33)/t18?,19?,20-/m0/s1. The zero-order chi connectivity index (χ0) is 24.8. The van der Waals surface area contributed by atoms with Crippen LogP contribution in [-0.2, 0) is 14.3 Å². The summed E-state index contributed by atoms with van der Waals surface area (Å²) < 4.78 is 5.62. The molecule has 0 bridgehead atoms. The van der Waals surface area contributed by atoms with Crippen LogP contribution in [0, 0.1) is 11.8 Å². The molecular weight excluding hydrogens is 444 g/mol. The molecule has 4 rings (SSSR count). The van der Waals surface area contributed by atoms with Gasteiger partial charge in [-0.2, -0.15) is 0 Å². The van der Waals surface area contributed by atoms with Gasteiger partial charge in [0.05, 0.1) is 6.42 Å². The van der Waals surface area contributed by atoms with Crippen molar-refractivity contribution in [3.8, 4) is 11.1 Å². The van der Waals surface area contributed by atoms with Crippen LogP contribution < -0.4 is 10.6 Å². The second kappa shape index (κ2) is 11.4. The number of carboxylic acids is 1. The van der Waals surface area contributed by atoms with Crippen LogP contribution in [0.1, 0.15) is 62.5 Å². The average molecular weight is 479 g/mol. The number of carboxylic acid groups (broad SMARTS) is 1. The van der Waals surface area contributed by atoms with Crippen molar-refractivity contribution in [2.45, 2.75) is 57.4 Å². The minimum absolute atomic E-state index is 0.0376. The van der Waals surface area contributed by atoms with Gasteiger partial charge >= 0.3 is 12.1 Å². The molecule has 2 aliphatic rings. The van der Waals surface area contributed by atoms with Crippen molar-refractivity contribution in [3.05, 3.63) is 59.7 Å². The predicted octanol–water partition coefficient (Wildman–Crippen LogP) is 4.70. The quantitative estimate of drug-likeness (QED) is 0.459. The van der Waals surface area contributed by atoms with Gasteiger partial charge in [-0.05, 0) is 59.8 Å². The zero-order valence-corrected chi connectivity index (χ0v) is 20.2. The molecule has 0 saturated heterocycles. The first-order valence-electron chi connectivity index (χ1n) is 12.5. The molecule has 1 saturated carbocycles. The minimum atomic E-state index is -0.905. The molecule has 186 valence electrons. The third-order valence-corrected chi connectivity index (χ3v) is 7.28. The largest absolute Gasteiger partial charge is 0.481 e. The third kappa shape index (κ3) is 6.21. The highest BCUT2D eigenvalue weighted by Crippen LogP contribution is 2.44. The van der Waals surface area contributed by atoms with E-state index in [1.54, 1.807) is 0 Å². The Labute approximate surface area is 206 Å². The number of rotatable bonds is 10. The summed E-state index contributed by atoms with van der Waals surface area (Å²) in [5, 5.41) is 14.7. The Hall–Kier alpha value is -3.35. The highest BCUT2D eigenvalue weighted by atomic mass is 16.5. The fourth-order valence-electron chi connectivity index (χ4n) is 5.48. The number of nitrogens with one attached hydrogen (secondary N) is 2. The van der Waals surface area contributed by atoms with Crippen LogP contribution in [0.2, 0.25) is 0 Å². The SMILES string of the molecule is CC[C@@H](CC(=O)O)NC(=O)CC1CCC(CNC(=O)OCC2c3ccccc3-c3ccccc32)C1. The Kier molecular flexibility index (Phi) is 8.06. The highest BCUT2D eigenvalue weighted by Gasteiger charge is 2.30. The lowest BCUT2D eigenvalue weighted by Crippen LogP contribution is -2.36. The lowest BCUT2D eigenvalue weighted by molar-refractivity contribution is -0.137. The van der Waals surface area contributed by atoms with E-state index < -0.39 is 12.1 Å². The molecule has 7 heteroatoms. The van der Waals surface area contributed by atoms with Gasteiger partial charge in [-0.25, -0.2) is 4.79 Å². The van der Waals surface area contributed by atoms with E-state index in [4.69, 9.17) is 9.84 Å². The van der Waals surface area contributed by atoms with Crippen molar-refractivity contribution in [2.24, 2.45) is 11.8 Å². The Morgan fingerprint density at radius 1 is 1.00 bits per heavy atom. The molecule has 2 unspecified atom stereocenters. The molecule has 3 atom stereocenters. The van der Waals surface area contributed by atoms with E-state index in [0.29, 0.717) is 31.9 Å². The Bertz CT molecular complexity index is 1020. The van der Waals surface area contributed by atoms with Gasteiger partial charge < -0.3 is 20.5 Å². The van der Waals surface area contributed by atoms with Crippen molar-refractivity contribution < 1.29 is 24.2 Å². The number of ether oxygens (including phenoxy) is 1. The first kappa shape index (κ1) is 24.8. The molecule has 2 aromatic carbocycles. The Morgan fingerprint density at radius 3 is 2.26 bits per heavy atom. The van der Waals surface area contributed by atoms with Gasteiger partial charge in [-0.3, -0.25) is 9.59 Å². The summed E-state index contributed by atoms with van der Waals surface area (Å²) in [7, 11) is 0. The molecule has 7 nitrogen and oxygen atoms in total. The number of carbonyl (C=O) groups excluding carboxylic acids is 2. The lowest BCUT2D eigenvalue weighted by Gasteiger charge is -2.17. The number of alkyl carbamates (subject to hydrolysis) is 1. The van der Waals surface area contributed by atoms with Crippen LogP contribution in [0.3, 0.4) is 0 Å². The van der Waals surface area contributed by atoms with Crippen LogP contribution in [-0.4, -0.2) is 42.3 Å².